The summed E-state index contributed by atoms with van der Waals surface area (Å²) in [4.78, 5) is 18.9. The Kier molecular flexibility index (Phi) is 8.33. The molecule has 3 rings (SSSR count). The third-order valence-electron chi connectivity index (χ3n) is 5.64. The number of hydrogen-bond donors (Lipinski definition) is 3. The molecule has 1 unspecified atom stereocenters. The smallest absolute Gasteiger partial charge is 0.251 e. The predicted molar refractivity (Wildman–Crippen MR) is 129 cm³/mol. The lowest BCUT2D eigenvalue weighted by atomic mass is 10.1. The first-order valence-electron chi connectivity index (χ1n) is 11.2. The number of nitrogens with one attached hydrogen (secondary N) is 3. The Bertz CT molecular complexity index is 860. The van der Waals surface area contributed by atoms with E-state index >= 15 is 0 Å². The van der Waals surface area contributed by atoms with E-state index in [1.807, 2.05) is 24.3 Å². The molecule has 1 amide bonds. The van der Waals surface area contributed by atoms with E-state index < -0.39 is 0 Å². The molecule has 2 aromatic rings. The van der Waals surface area contributed by atoms with Gasteiger partial charge in [-0.05, 0) is 49.6 Å². The quantitative estimate of drug-likeness (QED) is 0.347. The zero-order valence-electron chi connectivity index (χ0n) is 18.9. The molecule has 1 heterocycles. The number of anilines is 1. The lowest BCUT2D eigenvalue weighted by molar-refractivity contribution is 0.0953. The van der Waals surface area contributed by atoms with Crippen molar-refractivity contribution in [1.29, 1.82) is 0 Å². The number of amides is 1. The Morgan fingerprint density at radius 1 is 1.10 bits per heavy atom. The normalized spacial score (nSPS) is 16.3. The van der Waals surface area contributed by atoms with Crippen LogP contribution < -0.4 is 20.9 Å². The number of aliphatic imine (C=N–C) groups is 1. The number of benzene rings is 2. The van der Waals surface area contributed by atoms with E-state index in [0.717, 1.165) is 50.4 Å². The van der Waals surface area contributed by atoms with Gasteiger partial charge < -0.3 is 20.9 Å². The van der Waals surface area contributed by atoms with Gasteiger partial charge >= 0.3 is 0 Å². The summed E-state index contributed by atoms with van der Waals surface area (Å²) in [6, 6.07) is 16.8. The van der Waals surface area contributed by atoms with Gasteiger partial charge in [0.1, 0.15) is 0 Å². The molecular formula is C25H35N5O. The Hall–Kier alpha value is -3.02. The molecule has 0 spiro atoms. The topological polar surface area (TPSA) is 68.8 Å². The van der Waals surface area contributed by atoms with Gasteiger partial charge in [-0.1, -0.05) is 43.2 Å². The van der Waals surface area contributed by atoms with Gasteiger partial charge in [0, 0.05) is 50.5 Å². The van der Waals surface area contributed by atoms with Crippen molar-refractivity contribution in [1.82, 2.24) is 16.0 Å². The van der Waals surface area contributed by atoms with Crippen LogP contribution in [0.25, 0.3) is 0 Å². The fraction of sp³-hybridized carbons (Fsp3) is 0.440. The van der Waals surface area contributed by atoms with Gasteiger partial charge in [0.05, 0.1) is 0 Å². The summed E-state index contributed by atoms with van der Waals surface area (Å²) < 4.78 is 0. The summed E-state index contributed by atoms with van der Waals surface area (Å²) in [7, 11) is 1.80. The van der Waals surface area contributed by atoms with E-state index in [2.05, 4.69) is 64.0 Å². The van der Waals surface area contributed by atoms with Crippen molar-refractivity contribution in [2.24, 2.45) is 4.99 Å². The molecule has 1 saturated heterocycles. The maximum atomic E-state index is 12.1. The summed E-state index contributed by atoms with van der Waals surface area (Å²) in [5.74, 6) is 0.793. The van der Waals surface area contributed by atoms with Crippen LogP contribution in [0, 0.1) is 6.92 Å². The standard InChI is InChI=1S/C25H35N5O/c1-4-5-15-27-24(31)21-10-8-20(9-11-21)17-28-25(26-3)29-22-14-16-30(18-22)23-12-6-19(2)7-13-23/h6-13,22H,4-5,14-18H2,1-3H3,(H,27,31)(H2,26,28,29). The maximum Gasteiger partial charge on any atom is 0.251 e. The highest BCUT2D eigenvalue weighted by molar-refractivity contribution is 5.94. The summed E-state index contributed by atoms with van der Waals surface area (Å²) in [6.45, 7) is 7.62. The Morgan fingerprint density at radius 2 is 1.84 bits per heavy atom. The summed E-state index contributed by atoms with van der Waals surface area (Å²) in [5, 5.41) is 9.87. The van der Waals surface area contributed by atoms with Crippen LogP contribution in [-0.4, -0.2) is 44.6 Å². The van der Waals surface area contributed by atoms with Gasteiger partial charge in [-0.2, -0.15) is 0 Å². The highest BCUT2D eigenvalue weighted by atomic mass is 16.1. The molecule has 2 aromatic carbocycles. The van der Waals surface area contributed by atoms with Gasteiger partial charge in [0.25, 0.3) is 5.91 Å². The second-order valence-electron chi connectivity index (χ2n) is 8.14. The minimum Gasteiger partial charge on any atom is -0.369 e. The van der Waals surface area contributed by atoms with E-state index in [4.69, 9.17) is 0 Å². The van der Waals surface area contributed by atoms with Crippen LogP contribution in [0.4, 0.5) is 5.69 Å². The van der Waals surface area contributed by atoms with Gasteiger partial charge in [-0.3, -0.25) is 9.79 Å². The number of carbonyl (C=O) groups is 1. The lowest BCUT2D eigenvalue weighted by Crippen LogP contribution is -2.44. The van der Waals surface area contributed by atoms with E-state index in [9.17, 15) is 4.79 Å². The molecule has 0 radical (unpaired) electrons. The summed E-state index contributed by atoms with van der Waals surface area (Å²) >= 11 is 0. The first-order valence-corrected chi connectivity index (χ1v) is 11.2. The predicted octanol–water partition coefficient (Wildman–Crippen LogP) is 3.47. The fourth-order valence-corrected chi connectivity index (χ4v) is 3.70. The molecule has 166 valence electrons. The molecule has 1 fully saturated rings. The molecule has 1 atom stereocenters. The average Bonchev–Trinajstić information content (AvgIpc) is 3.26. The molecule has 6 nitrogen and oxygen atoms in total. The average molecular weight is 422 g/mol. The number of hydrogen-bond acceptors (Lipinski definition) is 3. The van der Waals surface area contributed by atoms with Crippen LogP contribution in [-0.2, 0) is 6.54 Å². The number of aryl methyl sites for hydroxylation is 1. The number of unbranched alkanes of at least 4 members (excludes halogenated alkanes) is 1. The highest BCUT2D eigenvalue weighted by Crippen LogP contribution is 2.20. The molecule has 1 aliphatic heterocycles. The second kappa shape index (κ2) is 11.4. The molecule has 1 aliphatic rings. The van der Waals surface area contributed by atoms with Crippen LogP contribution >= 0.6 is 0 Å². The zero-order valence-corrected chi connectivity index (χ0v) is 18.9. The third-order valence-corrected chi connectivity index (χ3v) is 5.64. The van der Waals surface area contributed by atoms with E-state index in [0.29, 0.717) is 18.2 Å². The fourth-order valence-electron chi connectivity index (χ4n) is 3.70. The first kappa shape index (κ1) is 22.7. The third kappa shape index (κ3) is 6.74. The molecule has 6 heteroatoms. The number of nitrogens with zero attached hydrogens (tertiary/aromatic N) is 2. The molecule has 0 aliphatic carbocycles. The monoisotopic (exact) mass is 421 g/mol. The largest absolute Gasteiger partial charge is 0.369 e. The van der Waals surface area contributed by atoms with Crippen molar-refractivity contribution in [2.75, 3.05) is 31.6 Å². The van der Waals surface area contributed by atoms with Gasteiger partial charge in [0.2, 0.25) is 0 Å². The van der Waals surface area contributed by atoms with Crippen molar-refractivity contribution in [3.8, 4) is 0 Å². The van der Waals surface area contributed by atoms with Crippen molar-refractivity contribution in [3.05, 3.63) is 65.2 Å². The zero-order chi connectivity index (χ0) is 22.1. The van der Waals surface area contributed by atoms with Gasteiger partial charge in [-0.25, -0.2) is 0 Å². The van der Waals surface area contributed by atoms with Crippen LogP contribution in [0.1, 0.15) is 47.7 Å². The van der Waals surface area contributed by atoms with Crippen molar-refractivity contribution in [2.45, 2.75) is 45.7 Å². The van der Waals surface area contributed by atoms with Gasteiger partial charge in [-0.15, -0.1) is 0 Å². The maximum absolute atomic E-state index is 12.1. The molecule has 0 aromatic heterocycles. The molecule has 0 bridgehead atoms. The van der Waals surface area contributed by atoms with Crippen molar-refractivity contribution in [3.63, 3.8) is 0 Å². The SMILES string of the molecule is CCCCNC(=O)c1ccc(CNC(=NC)NC2CCN(c3ccc(C)cc3)C2)cc1. The Labute approximate surface area is 186 Å². The number of guanidine groups is 1. The van der Waals surface area contributed by atoms with E-state index in [1.165, 1.54) is 11.3 Å². The second-order valence-corrected chi connectivity index (χ2v) is 8.14. The Balaban J connectivity index is 1.45. The molecular weight excluding hydrogens is 386 g/mol. The first-order chi connectivity index (χ1) is 15.1. The van der Waals surface area contributed by atoms with Crippen LogP contribution in [0.2, 0.25) is 0 Å². The molecule has 31 heavy (non-hydrogen) atoms. The van der Waals surface area contributed by atoms with E-state index in [-0.39, 0.29) is 5.91 Å². The van der Waals surface area contributed by atoms with Crippen molar-refractivity contribution < 1.29 is 4.79 Å². The van der Waals surface area contributed by atoms with Crippen LogP contribution in [0.15, 0.2) is 53.5 Å². The van der Waals surface area contributed by atoms with Crippen LogP contribution in [0.5, 0.6) is 0 Å². The van der Waals surface area contributed by atoms with Crippen molar-refractivity contribution >= 4 is 17.6 Å². The van der Waals surface area contributed by atoms with E-state index in [1.54, 1.807) is 7.05 Å². The summed E-state index contributed by atoms with van der Waals surface area (Å²) in [6.07, 6.45) is 3.16. The summed E-state index contributed by atoms with van der Waals surface area (Å²) in [5.41, 5.74) is 4.37. The van der Waals surface area contributed by atoms with Crippen LogP contribution in [0.3, 0.4) is 0 Å². The highest BCUT2D eigenvalue weighted by Gasteiger charge is 2.23. The lowest BCUT2D eigenvalue weighted by Gasteiger charge is -2.20. The minimum absolute atomic E-state index is 0.00944. The van der Waals surface area contributed by atoms with Gasteiger partial charge in [0.15, 0.2) is 5.96 Å². The molecule has 3 N–H and O–H groups in total. The number of carbonyl (C=O) groups excluding carboxylic acids is 1. The minimum atomic E-state index is -0.00944. The Morgan fingerprint density at radius 3 is 2.52 bits per heavy atom. The molecule has 0 saturated carbocycles. The number of rotatable bonds is 8.